The second-order valence-electron chi connectivity index (χ2n) is 4.60. The van der Waals surface area contributed by atoms with Crippen LogP contribution in [0.4, 0.5) is 17.4 Å². The third kappa shape index (κ3) is 2.14. The zero-order chi connectivity index (χ0) is 13.4. The molecule has 0 saturated carbocycles. The summed E-state index contributed by atoms with van der Waals surface area (Å²) in [6.45, 7) is 3.54. The molecule has 1 aromatic carbocycles. The van der Waals surface area contributed by atoms with Gasteiger partial charge in [-0.25, -0.2) is 0 Å². The lowest BCUT2D eigenvalue weighted by molar-refractivity contribution is 0.493. The molecule has 19 heavy (non-hydrogen) atoms. The van der Waals surface area contributed by atoms with Crippen LogP contribution in [0.25, 0.3) is 0 Å². The number of alkyl halides is 1. The topological polar surface area (TPSA) is 45.4 Å². The normalized spacial score (nSPS) is 16.4. The Morgan fingerprint density at radius 3 is 2.63 bits per heavy atom. The van der Waals surface area contributed by atoms with Crippen LogP contribution < -0.4 is 9.80 Å². The van der Waals surface area contributed by atoms with Crippen molar-refractivity contribution in [2.45, 2.75) is 12.3 Å². The van der Waals surface area contributed by atoms with E-state index in [0.29, 0.717) is 11.9 Å². The van der Waals surface area contributed by atoms with Gasteiger partial charge in [0.05, 0.1) is 11.4 Å². The SMILES string of the molecule is CC(Cl)c1nnc(N2CCN(C)c3ccccc32)o1. The minimum Gasteiger partial charge on any atom is -0.406 e. The molecule has 3 rings (SSSR count). The van der Waals surface area contributed by atoms with Gasteiger partial charge in [0, 0.05) is 20.1 Å². The van der Waals surface area contributed by atoms with Crippen LogP contribution in [0.15, 0.2) is 28.7 Å². The Balaban J connectivity index is 1.99. The van der Waals surface area contributed by atoms with E-state index in [0.717, 1.165) is 24.5 Å². The number of hydrogen-bond acceptors (Lipinski definition) is 5. The molecule has 100 valence electrons. The number of halogens is 1. The lowest BCUT2D eigenvalue weighted by Gasteiger charge is -2.34. The molecule has 0 amide bonds. The van der Waals surface area contributed by atoms with Gasteiger partial charge in [-0.3, -0.25) is 4.90 Å². The monoisotopic (exact) mass is 278 g/mol. The zero-order valence-corrected chi connectivity index (χ0v) is 11.6. The molecule has 0 radical (unpaired) electrons. The Hall–Kier alpha value is -1.75. The average molecular weight is 279 g/mol. The molecule has 2 heterocycles. The Morgan fingerprint density at radius 2 is 1.95 bits per heavy atom. The number of benzene rings is 1. The van der Waals surface area contributed by atoms with Gasteiger partial charge in [0.2, 0.25) is 5.89 Å². The highest BCUT2D eigenvalue weighted by molar-refractivity contribution is 6.20. The van der Waals surface area contributed by atoms with Gasteiger partial charge >= 0.3 is 6.01 Å². The molecule has 1 atom stereocenters. The molecule has 2 aromatic rings. The van der Waals surface area contributed by atoms with E-state index < -0.39 is 0 Å². The standard InChI is InChI=1S/C13H15ClN4O/c1-9(14)12-15-16-13(19-12)18-8-7-17(2)10-5-3-4-6-11(10)18/h3-6,9H,7-8H2,1-2H3. The highest BCUT2D eigenvalue weighted by Gasteiger charge is 2.25. The van der Waals surface area contributed by atoms with Crippen LogP contribution >= 0.6 is 11.6 Å². The van der Waals surface area contributed by atoms with Gasteiger partial charge in [0.1, 0.15) is 5.38 Å². The van der Waals surface area contributed by atoms with Crippen LogP contribution in [0.2, 0.25) is 0 Å². The summed E-state index contributed by atoms with van der Waals surface area (Å²) in [4.78, 5) is 4.25. The van der Waals surface area contributed by atoms with Gasteiger partial charge in [-0.05, 0) is 19.1 Å². The molecule has 6 heteroatoms. The van der Waals surface area contributed by atoms with Crippen molar-refractivity contribution in [1.82, 2.24) is 10.2 Å². The van der Waals surface area contributed by atoms with E-state index in [-0.39, 0.29) is 5.38 Å². The lowest BCUT2D eigenvalue weighted by Crippen LogP contribution is -2.36. The van der Waals surface area contributed by atoms with Gasteiger partial charge in [0.15, 0.2) is 0 Å². The number of rotatable bonds is 2. The fourth-order valence-electron chi connectivity index (χ4n) is 2.20. The van der Waals surface area contributed by atoms with E-state index in [2.05, 4.69) is 34.3 Å². The van der Waals surface area contributed by atoms with Gasteiger partial charge in [0.25, 0.3) is 0 Å². The molecular formula is C13H15ClN4O. The largest absolute Gasteiger partial charge is 0.406 e. The van der Waals surface area contributed by atoms with E-state index >= 15 is 0 Å². The summed E-state index contributed by atoms with van der Waals surface area (Å²) in [5.41, 5.74) is 2.24. The first-order valence-electron chi connectivity index (χ1n) is 6.22. The van der Waals surface area contributed by atoms with Gasteiger partial charge in [-0.2, -0.15) is 0 Å². The molecule has 5 nitrogen and oxygen atoms in total. The van der Waals surface area contributed by atoms with E-state index in [1.165, 1.54) is 0 Å². The Kier molecular flexibility index (Phi) is 3.06. The predicted octanol–water partition coefficient (Wildman–Crippen LogP) is 2.96. The van der Waals surface area contributed by atoms with E-state index in [1.807, 2.05) is 24.0 Å². The van der Waals surface area contributed by atoms with Crippen molar-refractivity contribution < 1.29 is 4.42 Å². The number of para-hydroxylation sites is 2. The summed E-state index contributed by atoms with van der Waals surface area (Å²) in [6, 6.07) is 8.68. The first kappa shape index (κ1) is 12.3. The van der Waals surface area contributed by atoms with Crippen LogP contribution in [0.1, 0.15) is 18.2 Å². The molecule has 0 spiro atoms. The number of aromatic nitrogens is 2. The van der Waals surface area contributed by atoms with Gasteiger partial charge < -0.3 is 9.32 Å². The average Bonchev–Trinajstić information content (AvgIpc) is 2.89. The number of nitrogens with zero attached hydrogens (tertiary/aromatic N) is 4. The summed E-state index contributed by atoms with van der Waals surface area (Å²) < 4.78 is 5.63. The van der Waals surface area contributed by atoms with E-state index in [9.17, 15) is 0 Å². The molecule has 0 N–H and O–H groups in total. The fraction of sp³-hybridized carbons (Fsp3) is 0.385. The first-order valence-corrected chi connectivity index (χ1v) is 6.65. The maximum Gasteiger partial charge on any atom is 0.322 e. The van der Waals surface area contributed by atoms with E-state index in [1.54, 1.807) is 0 Å². The minimum atomic E-state index is -0.274. The molecule has 0 saturated heterocycles. The summed E-state index contributed by atoms with van der Waals surface area (Å²) >= 11 is 5.96. The van der Waals surface area contributed by atoms with Crippen molar-refractivity contribution in [3.63, 3.8) is 0 Å². The summed E-state index contributed by atoms with van der Waals surface area (Å²) in [6.07, 6.45) is 0. The number of fused-ring (bicyclic) bond motifs is 1. The van der Waals surface area contributed by atoms with Gasteiger partial charge in [-0.15, -0.1) is 16.7 Å². The number of anilines is 3. The quantitative estimate of drug-likeness (QED) is 0.790. The molecule has 1 aliphatic rings. The summed E-state index contributed by atoms with van der Waals surface area (Å²) in [7, 11) is 2.08. The molecule has 1 unspecified atom stereocenters. The maximum absolute atomic E-state index is 5.96. The molecule has 0 bridgehead atoms. The number of likely N-dealkylation sites (N-methyl/N-ethyl adjacent to an activating group) is 1. The second-order valence-corrected chi connectivity index (χ2v) is 5.26. The zero-order valence-electron chi connectivity index (χ0n) is 10.9. The molecule has 0 aliphatic carbocycles. The molecule has 1 aromatic heterocycles. The van der Waals surface area contributed by atoms with Crippen molar-refractivity contribution in [1.29, 1.82) is 0 Å². The van der Waals surface area contributed by atoms with Crippen molar-refractivity contribution in [3.8, 4) is 0 Å². The molecule has 1 aliphatic heterocycles. The van der Waals surface area contributed by atoms with Crippen LogP contribution in [0.5, 0.6) is 0 Å². The van der Waals surface area contributed by atoms with Crippen LogP contribution in [0.3, 0.4) is 0 Å². The summed E-state index contributed by atoms with van der Waals surface area (Å²) in [5, 5.41) is 7.80. The second kappa shape index (κ2) is 4.74. The van der Waals surface area contributed by atoms with Crippen LogP contribution in [0, 0.1) is 0 Å². The van der Waals surface area contributed by atoms with Crippen LogP contribution in [-0.2, 0) is 0 Å². The third-order valence-electron chi connectivity index (χ3n) is 3.24. The van der Waals surface area contributed by atoms with Crippen molar-refractivity contribution in [2.75, 3.05) is 29.9 Å². The van der Waals surface area contributed by atoms with Crippen LogP contribution in [-0.4, -0.2) is 30.3 Å². The maximum atomic E-state index is 5.96. The Bertz CT molecular complexity index is 584. The van der Waals surface area contributed by atoms with Crippen molar-refractivity contribution in [2.24, 2.45) is 0 Å². The van der Waals surface area contributed by atoms with Gasteiger partial charge in [-0.1, -0.05) is 17.2 Å². The predicted molar refractivity (Wildman–Crippen MR) is 75.3 cm³/mol. The minimum absolute atomic E-state index is 0.274. The van der Waals surface area contributed by atoms with E-state index in [4.69, 9.17) is 16.0 Å². The molecular weight excluding hydrogens is 264 g/mol. The van der Waals surface area contributed by atoms with Crippen molar-refractivity contribution >= 4 is 29.0 Å². The highest BCUT2D eigenvalue weighted by atomic mass is 35.5. The summed E-state index contributed by atoms with van der Waals surface area (Å²) in [5.74, 6) is 0.452. The fourth-order valence-corrected chi connectivity index (χ4v) is 2.29. The highest BCUT2D eigenvalue weighted by Crippen LogP contribution is 2.36. The Morgan fingerprint density at radius 1 is 1.21 bits per heavy atom. The number of hydrogen-bond donors (Lipinski definition) is 0. The first-order chi connectivity index (χ1) is 9.16. The third-order valence-corrected chi connectivity index (χ3v) is 3.43. The van der Waals surface area contributed by atoms with Crippen molar-refractivity contribution in [3.05, 3.63) is 30.2 Å². The Labute approximate surface area is 116 Å². The smallest absolute Gasteiger partial charge is 0.322 e. The lowest BCUT2D eigenvalue weighted by atomic mass is 10.2. The molecule has 0 fully saturated rings.